The highest BCUT2D eigenvalue weighted by atomic mass is 35.5. The lowest BCUT2D eigenvalue weighted by molar-refractivity contribution is -0.114. The molecule has 0 saturated heterocycles. The summed E-state index contributed by atoms with van der Waals surface area (Å²) in [5, 5.41) is 3.06. The van der Waals surface area contributed by atoms with Crippen molar-refractivity contribution in [3.05, 3.63) is 113 Å². The summed E-state index contributed by atoms with van der Waals surface area (Å²) in [5.74, 6) is -0.594. The molecular weight excluding hydrogens is 582 g/mol. The van der Waals surface area contributed by atoms with Gasteiger partial charge in [-0.1, -0.05) is 54.4 Å². The summed E-state index contributed by atoms with van der Waals surface area (Å²) < 4.78 is 56.6. The predicted molar refractivity (Wildman–Crippen MR) is 164 cm³/mol. The van der Waals surface area contributed by atoms with Gasteiger partial charge in [-0.2, -0.15) is 0 Å². The van der Waals surface area contributed by atoms with Crippen molar-refractivity contribution >= 4 is 54.6 Å². The second kappa shape index (κ2) is 12.3. The van der Waals surface area contributed by atoms with Crippen LogP contribution >= 0.6 is 11.6 Å². The molecular formula is C30H30ClN3O5S2. The van der Waals surface area contributed by atoms with E-state index in [2.05, 4.69) is 10.0 Å². The summed E-state index contributed by atoms with van der Waals surface area (Å²) >= 11 is 6.00. The van der Waals surface area contributed by atoms with Crippen LogP contribution in [0.3, 0.4) is 0 Å². The Labute approximate surface area is 246 Å². The Kier molecular flexibility index (Phi) is 9.06. The van der Waals surface area contributed by atoms with E-state index < -0.39 is 32.5 Å². The van der Waals surface area contributed by atoms with Gasteiger partial charge in [0.2, 0.25) is 5.91 Å². The molecule has 0 radical (unpaired) electrons. The first-order chi connectivity index (χ1) is 19.4. The number of nitrogens with zero attached hydrogens (tertiary/aromatic N) is 1. The van der Waals surface area contributed by atoms with Crippen LogP contribution in [-0.4, -0.2) is 29.3 Å². The summed E-state index contributed by atoms with van der Waals surface area (Å²) in [6.45, 7) is 5.12. The minimum absolute atomic E-state index is 0.0190. The van der Waals surface area contributed by atoms with Gasteiger partial charge in [0.25, 0.3) is 20.0 Å². The molecule has 0 saturated carbocycles. The number of nitrogens with one attached hydrogen (secondary N) is 2. The molecule has 0 aliphatic heterocycles. The highest BCUT2D eigenvalue weighted by Gasteiger charge is 2.27. The van der Waals surface area contributed by atoms with E-state index in [0.717, 1.165) is 21.9 Å². The molecule has 11 heteroatoms. The lowest BCUT2D eigenvalue weighted by atomic mass is 10.1. The largest absolute Gasteiger partial charge is 0.325 e. The topological polar surface area (TPSA) is 113 Å². The molecule has 0 aliphatic carbocycles. The highest BCUT2D eigenvalue weighted by molar-refractivity contribution is 7.93. The van der Waals surface area contributed by atoms with Crippen molar-refractivity contribution in [2.75, 3.05) is 20.9 Å². The number of carbonyl (C=O) groups excluding carboxylic acids is 1. The summed E-state index contributed by atoms with van der Waals surface area (Å²) in [6, 6.07) is 23.9. The summed E-state index contributed by atoms with van der Waals surface area (Å²) in [6.07, 6.45) is 0.783. The Hall–Kier alpha value is -3.86. The molecule has 2 N–H and O–H groups in total. The number of hydrogen-bond acceptors (Lipinski definition) is 5. The van der Waals surface area contributed by atoms with Crippen molar-refractivity contribution in [3.63, 3.8) is 0 Å². The van der Waals surface area contributed by atoms with Crippen LogP contribution < -0.4 is 14.3 Å². The SMILES string of the molecule is CCc1ccc(N(CC(=O)Nc2ccc(S(=O)(=O)Nc3cc(Cl)ccc3C)cc2)S(=O)(=O)c2ccc(C)cc2)cc1. The number of halogens is 1. The minimum atomic E-state index is -4.06. The van der Waals surface area contributed by atoms with Gasteiger partial charge in [0, 0.05) is 10.7 Å². The third-order valence-electron chi connectivity index (χ3n) is 6.42. The van der Waals surface area contributed by atoms with Gasteiger partial charge in [0.05, 0.1) is 21.2 Å². The first-order valence-electron chi connectivity index (χ1n) is 12.8. The lowest BCUT2D eigenvalue weighted by Crippen LogP contribution is -2.38. The fourth-order valence-electron chi connectivity index (χ4n) is 4.01. The van der Waals surface area contributed by atoms with Gasteiger partial charge < -0.3 is 5.32 Å². The van der Waals surface area contributed by atoms with Crippen molar-refractivity contribution in [1.82, 2.24) is 0 Å². The zero-order chi connectivity index (χ0) is 29.8. The zero-order valence-electron chi connectivity index (χ0n) is 22.8. The zero-order valence-corrected chi connectivity index (χ0v) is 25.1. The van der Waals surface area contributed by atoms with E-state index in [9.17, 15) is 21.6 Å². The molecule has 4 aromatic carbocycles. The highest BCUT2D eigenvalue weighted by Crippen LogP contribution is 2.26. The summed E-state index contributed by atoms with van der Waals surface area (Å²) in [5.41, 5.74) is 3.65. The number of amides is 1. The van der Waals surface area contributed by atoms with Crippen LogP contribution in [0.5, 0.6) is 0 Å². The van der Waals surface area contributed by atoms with Crippen molar-refractivity contribution < 1.29 is 21.6 Å². The van der Waals surface area contributed by atoms with Gasteiger partial charge in [-0.15, -0.1) is 0 Å². The molecule has 0 bridgehead atoms. The van der Waals surface area contributed by atoms with Crippen LogP contribution in [0.2, 0.25) is 5.02 Å². The van der Waals surface area contributed by atoms with Crippen LogP contribution in [0, 0.1) is 13.8 Å². The third-order valence-corrected chi connectivity index (χ3v) is 9.83. The van der Waals surface area contributed by atoms with Gasteiger partial charge in [-0.3, -0.25) is 13.8 Å². The molecule has 0 spiro atoms. The van der Waals surface area contributed by atoms with Crippen molar-refractivity contribution in [2.24, 2.45) is 0 Å². The molecule has 0 atom stereocenters. The second-order valence-corrected chi connectivity index (χ2v) is 13.5. The first-order valence-corrected chi connectivity index (χ1v) is 16.1. The average Bonchev–Trinajstić information content (AvgIpc) is 2.94. The first kappa shape index (κ1) is 30.1. The Morgan fingerprint density at radius 2 is 1.41 bits per heavy atom. The smallest absolute Gasteiger partial charge is 0.264 e. The van der Waals surface area contributed by atoms with Gasteiger partial charge in [-0.05, 0) is 92.1 Å². The number of rotatable bonds is 10. The Morgan fingerprint density at radius 1 is 0.805 bits per heavy atom. The van der Waals surface area contributed by atoms with Crippen molar-refractivity contribution in [3.8, 4) is 0 Å². The normalized spacial score (nSPS) is 11.6. The molecule has 0 heterocycles. The standard InChI is InChI=1S/C30H30ClN3O5S2/c1-4-23-8-13-26(14-9-23)34(41(38,39)28-15-5-21(2)6-16-28)20-30(35)32-25-11-17-27(18-12-25)40(36,37)33-29-19-24(31)10-7-22(29)3/h5-19,33H,4,20H2,1-3H3,(H,32,35). The molecule has 0 unspecified atom stereocenters. The van der Waals surface area contributed by atoms with Gasteiger partial charge in [0.1, 0.15) is 6.54 Å². The molecule has 214 valence electrons. The molecule has 41 heavy (non-hydrogen) atoms. The minimum Gasteiger partial charge on any atom is -0.325 e. The van der Waals surface area contributed by atoms with E-state index in [1.807, 2.05) is 26.0 Å². The molecule has 8 nitrogen and oxygen atoms in total. The molecule has 4 aromatic rings. The van der Waals surface area contributed by atoms with Crippen molar-refractivity contribution in [2.45, 2.75) is 37.0 Å². The number of aryl methyl sites for hydroxylation is 3. The van der Waals surface area contributed by atoms with E-state index in [1.165, 1.54) is 42.5 Å². The van der Waals surface area contributed by atoms with Crippen LogP contribution in [-0.2, 0) is 31.3 Å². The number of benzene rings is 4. The number of hydrogen-bond donors (Lipinski definition) is 2. The van der Waals surface area contributed by atoms with E-state index in [0.29, 0.717) is 27.6 Å². The van der Waals surface area contributed by atoms with Gasteiger partial charge >= 0.3 is 0 Å². The Bertz CT molecular complexity index is 1760. The van der Waals surface area contributed by atoms with E-state index in [4.69, 9.17) is 11.6 Å². The number of sulfonamides is 2. The second-order valence-electron chi connectivity index (χ2n) is 9.48. The maximum atomic E-state index is 13.6. The summed E-state index contributed by atoms with van der Waals surface area (Å²) in [7, 11) is -7.99. The monoisotopic (exact) mass is 611 g/mol. The van der Waals surface area contributed by atoms with E-state index in [1.54, 1.807) is 43.3 Å². The predicted octanol–water partition coefficient (Wildman–Crippen LogP) is 6.15. The van der Waals surface area contributed by atoms with Crippen LogP contribution in [0.4, 0.5) is 17.1 Å². The lowest BCUT2D eigenvalue weighted by Gasteiger charge is -2.24. The van der Waals surface area contributed by atoms with Gasteiger partial charge in [0.15, 0.2) is 0 Å². The summed E-state index contributed by atoms with van der Waals surface area (Å²) in [4.78, 5) is 13.1. The quantitative estimate of drug-likeness (QED) is 0.223. The fraction of sp³-hybridized carbons (Fsp3) is 0.167. The molecule has 1 amide bonds. The van der Waals surface area contributed by atoms with E-state index >= 15 is 0 Å². The van der Waals surface area contributed by atoms with Crippen molar-refractivity contribution in [1.29, 1.82) is 0 Å². The van der Waals surface area contributed by atoms with Gasteiger partial charge in [-0.25, -0.2) is 16.8 Å². The number of anilines is 3. The Morgan fingerprint density at radius 3 is 2.02 bits per heavy atom. The molecule has 4 rings (SSSR count). The Balaban J connectivity index is 1.54. The maximum absolute atomic E-state index is 13.6. The van der Waals surface area contributed by atoms with E-state index in [-0.39, 0.29) is 9.79 Å². The van der Waals surface area contributed by atoms with Crippen LogP contribution in [0.25, 0.3) is 0 Å². The average molecular weight is 612 g/mol. The molecule has 0 aromatic heterocycles. The maximum Gasteiger partial charge on any atom is 0.264 e. The van der Waals surface area contributed by atoms with Crippen LogP contribution in [0.1, 0.15) is 23.6 Å². The third kappa shape index (κ3) is 7.27. The molecule has 0 fully saturated rings. The fourth-order valence-corrected chi connectivity index (χ4v) is 6.72. The van der Waals surface area contributed by atoms with Crippen LogP contribution in [0.15, 0.2) is 101 Å². The molecule has 0 aliphatic rings. The number of carbonyl (C=O) groups is 1.